The summed E-state index contributed by atoms with van der Waals surface area (Å²) in [6.07, 6.45) is 9.49. The van der Waals surface area contributed by atoms with E-state index in [9.17, 15) is 13.2 Å². The molecule has 0 aromatic heterocycles. The second-order valence-corrected chi connectivity index (χ2v) is 15.0. The maximum Gasteiger partial charge on any atom is 0.394 e. The summed E-state index contributed by atoms with van der Waals surface area (Å²) in [5.41, 5.74) is -1.38. The van der Waals surface area contributed by atoms with E-state index in [0.29, 0.717) is 67.7 Å². The van der Waals surface area contributed by atoms with E-state index in [2.05, 4.69) is 20.8 Å². The van der Waals surface area contributed by atoms with Crippen LogP contribution in [0.1, 0.15) is 97.8 Å². The first-order valence-electron chi connectivity index (χ1n) is 15.8. The first-order valence-corrected chi connectivity index (χ1v) is 15.8. The minimum absolute atomic E-state index is 0.0354. The van der Waals surface area contributed by atoms with Crippen molar-refractivity contribution < 1.29 is 22.6 Å². The summed E-state index contributed by atoms with van der Waals surface area (Å²) < 4.78 is 55.0. The fourth-order valence-electron chi connectivity index (χ4n) is 12.1. The van der Waals surface area contributed by atoms with E-state index in [0.717, 1.165) is 30.6 Å². The van der Waals surface area contributed by atoms with Crippen LogP contribution in [0.3, 0.4) is 0 Å². The molecular formula is C32H51F3O2. The van der Waals surface area contributed by atoms with Crippen LogP contribution >= 0.6 is 0 Å². The Kier molecular flexibility index (Phi) is 7.03. The lowest BCUT2D eigenvalue weighted by molar-refractivity contribution is -0.275. The second-order valence-electron chi connectivity index (χ2n) is 15.0. The molecule has 0 radical (unpaired) electrons. The summed E-state index contributed by atoms with van der Waals surface area (Å²) in [5.74, 6) is 5.73. The Morgan fingerprint density at radius 1 is 0.838 bits per heavy atom. The monoisotopic (exact) mass is 524 g/mol. The summed E-state index contributed by atoms with van der Waals surface area (Å²) >= 11 is 0. The maximum absolute atomic E-state index is 15.0. The molecule has 8 fully saturated rings. The van der Waals surface area contributed by atoms with Gasteiger partial charge in [0.2, 0.25) is 0 Å². The molecule has 212 valence electrons. The molecule has 8 atom stereocenters. The van der Waals surface area contributed by atoms with E-state index in [1.54, 1.807) is 7.11 Å². The highest BCUT2D eigenvalue weighted by molar-refractivity contribution is 5.19. The molecule has 8 saturated carbocycles. The lowest BCUT2D eigenvalue weighted by Crippen LogP contribution is -2.57. The number of halogens is 3. The molecule has 0 aromatic rings. The van der Waals surface area contributed by atoms with Crippen molar-refractivity contribution in [3.8, 4) is 0 Å². The van der Waals surface area contributed by atoms with Crippen LogP contribution in [0.5, 0.6) is 0 Å². The molecule has 0 amide bonds. The van der Waals surface area contributed by atoms with Gasteiger partial charge < -0.3 is 9.47 Å². The Hall–Kier alpha value is -0.290. The highest BCUT2D eigenvalue weighted by Gasteiger charge is 2.75. The molecule has 8 aliphatic carbocycles. The highest BCUT2D eigenvalue weighted by Crippen LogP contribution is 2.78. The van der Waals surface area contributed by atoms with Crippen molar-refractivity contribution >= 4 is 0 Å². The number of rotatable bonds is 7. The van der Waals surface area contributed by atoms with E-state index in [1.165, 1.54) is 51.4 Å². The quantitative estimate of drug-likeness (QED) is 0.245. The minimum Gasteiger partial charge on any atom is -0.382 e. The van der Waals surface area contributed by atoms with Crippen molar-refractivity contribution in [2.45, 2.75) is 110 Å². The van der Waals surface area contributed by atoms with Crippen molar-refractivity contribution in [2.75, 3.05) is 20.3 Å². The summed E-state index contributed by atoms with van der Waals surface area (Å²) in [5, 5.41) is 0. The van der Waals surface area contributed by atoms with Crippen LogP contribution in [0.4, 0.5) is 13.2 Å². The molecule has 0 aromatic carbocycles. The van der Waals surface area contributed by atoms with Gasteiger partial charge in [-0.15, -0.1) is 0 Å². The first kappa shape index (κ1) is 26.9. The number of hydrogen-bond donors (Lipinski definition) is 0. The van der Waals surface area contributed by atoms with Crippen molar-refractivity contribution in [2.24, 2.45) is 70.0 Å². The number of ether oxygens (including phenoxy) is 2. The Morgan fingerprint density at radius 2 is 1.46 bits per heavy atom. The van der Waals surface area contributed by atoms with Crippen LogP contribution in [-0.2, 0) is 9.47 Å². The molecule has 0 aliphatic heterocycles. The predicted molar refractivity (Wildman–Crippen MR) is 140 cm³/mol. The van der Waals surface area contributed by atoms with Crippen molar-refractivity contribution in [1.82, 2.24) is 0 Å². The van der Waals surface area contributed by atoms with Gasteiger partial charge in [0.15, 0.2) is 0 Å². The third kappa shape index (κ3) is 4.25. The minimum atomic E-state index is -4.00. The van der Waals surface area contributed by atoms with Crippen molar-refractivity contribution in [3.63, 3.8) is 0 Å². The van der Waals surface area contributed by atoms with Gasteiger partial charge in [0.1, 0.15) is 0 Å². The molecule has 0 heterocycles. The lowest BCUT2D eigenvalue weighted by atomic mass is 9.42. The Morgan fingerprint density at radius 3 is 2.03 bits per heavy atom. The van der Waals surface area contributed by atoms with Gasteiger partial charge in [-0.2, -0.15) is 13.2 Å². The maximum atomic E-state index is 15.0. The fourth-order valence-corrected chi connectivity index (χ4v) is 12.1. The molecular weight excluding hydrogens is 473 g/mol. The van der Waals surface area contributed by atoms with Gasteiger partial charge >= 0.3 is 6.18 Å². The normalized spacial score (nSPS) is 51.3. The third-order valence-corrected chi connectivity index (χ3v) is 13.5. The second kappa shape index (κ2) is 9.67. The fraction of sp³-hybridized carbons (Fsp3) is 1.00. The van der Waals surface area contributed by atoms with Crippen LogP contribution in [-0.4, -0.2) is 32.6 Å². The molecule has 8 rings (SSSR count). The zero-order valence-corrected chi connectivity index (χ0v) is 23.7. The van der Waals surface area contributed by atoms with Crippen molar-refractivity contribution in [1.29, 1.82) is 0 Å². The molecule has 8 aliphatic rings. The first-order chi connectivity index (χ1) is 17.6. The lowest BCUT2D eigenvalue weighted by Gasteiger charge is -2.63. The van der Waals surface area contributed by atoms with Crippen molar-refractivity contribution in [3.05, 3.63) is 0 Å². The van der Waals surface area contributed by atoms with Gasteiger partial charge in [0.25, 0.3) is 0 Å². The predicted octanol–water partition coefficient (Wildman–Crippen LogP) is 8.54. The van der Waals surface area contributed by atoms with E-state index in [-0.39, 0.29) is 11.3 Å². The molecule has 2 nitrogen and oxygen atoms in total. The molecule has 5 heteroatoms. The van der Waals surface area contributed by atoms with Crippen LogP contribution in [0.15, 0.2) is 0 Å². The zero-order chi connectivity index (χ0) is 26.2. The molecule has 0 N–H and O–H groups in total. The van der Waals surface area contributed by atoms with E-state index >= 15 is 0 Å². The molecule has 37 heavy (non-hydrogen) atoms. The van der Waals surface area contributed by atoms with Gasteiger partial charge in [0.05, 0.1) is 24.7 Å². The number of alkyl halides is 3. The average Bonchev–Trinajstić information content (AvgIpc) is 3.62. The molecule has 0 saturated heterocycles. The Labute approximate surface area is 223 Å². The Bertz CT molecular complexity index is 797. The van der Waals surface area contributed by atoms with Gasteiger partial charge in [-0.1, -0.05) is 13.8 Å². The van der Waals surface area contributed by atoms with Gasteiger partial charge in [-0.25, -0.2) is 0 Å². The third-order valence-electron chi connectivity index (χ3n) is 13.5. The number of methoxy groups -OCH3 is 1. The molecule has 8 bridgehead atoms. The smallest absolute Gasteiger partial charge is 0.382 e. The summed E-state index contributed by atoms with van der Waals surface area (Å²) in [6.45, 7) is 7.90. The van der Waals surface area contributed by atoms with E-state index < -0.39 is 11.6 Å². The summed E-state index contributed by atoms with van der Waals surface area (Å²) in [7, 11) is 1.68. The number of fused-ring (bicyclic) bond motifs is 9. The summed E-state index contributed by atoms with van der Waals surface area (Å²) in [4.78, 5) is 0. The van der Waals surface area contributed by atoms with Gasteiger partial charge in [-0.3, -0.25) is 0 Å². The standard InChI is InChI=1S/C25H35F3.C7H16O2/c1-23(18-5-13-4-14(7-18)8-19(23)6-13)12-24(25(26,27)28)11-17-10-20(24)22-16-3-2-15(9-16)21(17)22;1-4-7(2)9-6-5-8-3/h13-22H,2-12H2,1H3;7H,4-6H2,1-3H3. The largest absolute Gasteiger partial charge is 0.394 e. The zero-order valence-electron chi connectivity index (χ0n) is 23.7. The topological polar surface area (TPSA) is 18.5 Å². The highest BCUT2D eigenvalue weighted by atomic mass is 19.4. The SMILES string of the molecule is CC1(CC2(C(F)(F)F)CC3CC2C2C4CCC(C4)C32)C2CC3CC(C2)CC1C3.CCC(C)OCCOC. The number of hydrogen-bond acceptors (Lipinski definition) is 2. The van der Waals surface area contributed by atoms with E-state index in [4.69, 9.17) is 9.47 Å². The molecule has 0 spiro atoms. The van der Waals surface area contributed by atoms with Crippen LogP contribution in [0, 0.1) is 70.0 Å². The summed E-state index contributed by atoms with van der Waals surface area (Å²) in [6, 6.07) is 0. The van der Waals surface area contributed by atoms with Crippen LogP contribution < -0.4 is 0 Å². The Balaban J connectivity index is 0.000000244. The molecule has 8 unspecified atom stereocenters. The average molecular weight is 525 g/mol. The van der Waals surface area contributed by atoms with E-state index in [1.807, 2.05) is 0 Å². The van der Waals surface area contributed by atoms with Crippen LogP contribution in [0.25, 0.3) is 0 Å². The van der Waals surface area contributed by atoms with Crippen LogP contribution in [0.2, 0.25) is 0 Å². The van der Waals surface area contributed by atoms with Gasteiger partial charge in [-0.05, 0) is 149 Å². The van der Waals surface area contributed by atoms with Gasteiger partial charge in [0, 0.05) is 7.11 Å².